The van der Waals surface area contributed by atoms with Crippen molar-refractivity contribution in [2.75, 3.05) is 17.8 Å². The van der Waals surface area contributed by atoms with Crippen molar-refractivity contribution in [2.45, 2.75) is 12.0 Å². The summed E-state index contributed by atoms with van der Waals surface area (Å²) in [4.78, 5) is 14.4. The van der Waals surface area contributed by atoms with Gasteiger partial charge in [-0.3, -0.25) is 9.69 Å². The van der Waals surface area contributed by atoms with E-state index in [0.29, 0.717) is 37.3 Å². The Hall–Kier alpha value is -1.76. The molecule has 32 heavy (non-hydrogen) atoms. The number of benzene rings is 3. The second-order valence-corrected chi connectivity index (χ2v) is 9.72. The van der Waals surface area contributed by atoms with Gasteiger partial charge in [-0.05, 0) is 54.1 Å². The molecule has 4 nitrogen and oxygen atoms in total. The number of hydrogen-bond donors (Lipinski definition) is 0. The molecular formula is C23H17Cl4NO3S. The van der Waals surface area contributed by atoms with Crippen LogP contribution < -0.4 is 14.4 Å². The topological polar surface area (TPSA) is 38.8 Å². The number of nitrogens with zero attached hydrogens (tertiary/aromatic N) is 1. The largest absolute Gasteiger partial charge is 0.493 e. The minimum absolute atomic E-state index is 0.00937. The Bertz CT molecular complexity index is 1160. The first kappa shape index (κ1) is 23.4. The van der Waals surface area contributed by atoms with Gasteiger partial charge in [-0.25, -0.2) is 0 Å². The Labute approximate surface area is 210 Å². The molecule has 0 aliphatic carbocycles. The van der Waals surface area contributed by atoms with E-state index in [1.807, 2.05) is 18.2 Å². The third-order valence-electron chi connectivity index (χ3n) is 4.90. The summed E-state index contributed by atoms with van der Waals surface area (Å²) < 4.78 is 11.5. The van der Waals surface area contributed by atoms with E-state index in [-0.39, 0.29) is 17.9 Å². The van der Waals surface area contributed by atoms with Crippen LogP contribution in [-0.4, -0.2) is 18.8 Å². The zero-order chi connectivity index (χ0) is 22.8. The van der Waals surface area contributed by atoms with Gasteiger partial charge < -0.3 is 9.47 Å². The monoisotopic (exact) mass is 527 g/mol. The van der Waals surface area contributed by atoms with E-state index >= 15 is 0 Å². The Balaban J connectivity index is 1.62. The third kappa shape index (κ3) is 4.92. The smallest absolute Gasteiger partial charge is 0.238 e. The number of methoxy groups -OCH3 is 1. The van der Waals surface area contributed by atoms with Crippen LogP contribution >= 0.6 is 58.2 Å². The van der Waals surface area contributed by atoms with E-state index in [1.54, 1.807) is 48.4 Å². The van der Waals surface area contributed by atoms with Crippen LogP contribution in [0, 0.1) is 0 Å². The van der Waals surface area contributed by atoms with Gasteiger partial charge in [0.15, 0.2) is 11.5 Å². The highest BCUT2D eigenvalue weighted by atomic mass is 35.5. The summed E-state index contributed by atoms with van der Waals surface area (Å²) in [5.74, 6) is 1.24. The lowest BCUT2D eigenvalue weighted by molar-refractivity contribution is -0.115. The molecule has 3 aromatic rings. The second kappa shape index (κ2) is 10.0. The van der Waals surface area contributed by atoms with Crippen LogP contribution in [0.5, 0.6) is 11.5 Å². The van der Waals surface area contributed by atoms with Gasteiger partial charge in [0.05, 0.1) is 17.9 Å². The summed E-state index contributed by atoms with van der Waals surface area (Å²) in [6.07, 6.45) is 0. The van der Waals surface area contributed by atoms with Crippen molar-refractivity contribution >= 4 is 69.8 Å². The first-order valence-corrected chi connectivity index (χ1v) is 12.1. The molecule has 1 atom stereocenters. The predicted octanol–water partition coefficient (Wildman–Crippen LogP) is 7.67. The first-order valence-electron chi connectivity index (χ1n) is 9.50. The zero-order valence-electron chi connectivity index (χ0n) is 16.8. The minimum Gasteiger partial charge on any atom is -0.493 e. The van der Waals surface area contributed by atoms with Gasteiger partial charge in [-0.1, -0.05) is 52.5 Å². The molecule has 0 radical (unpaired) electrons. The van der Waals surface area contributed by atoms with Gasteiger partial charge in [0.1, 0.15) is 12.0 Å². The normalized spacial score (nSPS) is 15.8. The molecule has 0 unspecified atom stereocenters. The van der Waals surface area contributed by atoms with Gasteiger partial charge in [-0.15, -0.1) is 11.8 Å². The molecule has 4 rings (SSSR count). The van der Waals surface area contributed by atoms with E-state index in [2.05, 4.69) is 0 Å². The average molecular weight is 529 g/mol. The molecule has 1 saturated heterocycles. The number of carbonyl (C=O) groups excluding carboxylic acids is 1. The van der Waals surface area contributed by atoms with Gasteiger partial charge in [0, 0.05) is 26.3 Å². The van der Waals surface area contributed by atoms with Crippen LogP contribution in [0.25, 0.3) is 0 Å². The fourth-order valence-corrected chi connectivity index (χ4v) is 5.38. The number of carbonyl (C=O) groups is 1. The van der Waals surface area contributed by atoms with Crippen molar-refractivity contribution in [2.24, 2.45) is 0 Å². The first-order chi connectivity index (χ1) is 15.4. The highest BCUT2D eigenvalue weighted by molar-refractivity contribution is 8.00. The molecule has 9 heteroatoms. The lowest BCUT2D eigenvalue weighted by Crippen LogP contribution is -2.27. The fraction of sp³-hybridized carbons (Fsp3) is 0.174. The van der Waals surface area contributed by atoms with Gasteiger partial charge >= 0.3 is 0 Å². The van der Waals surface area contributed by atoms with E-state index in [4.69, 9.17) is 55.9 Å². The molecule has 0 saturated carbocycles. The van der Waals surface area contributed by atoms with Crippen molar-refractivity contribution in [1.29, 1.82) is 0 Å². The van der Waals surface area contributed by atoms with Crippen LogP contribution in [0.4, 0.5) is 5.69 Å². The lowest BCUT2D eigenvalue weighted by atomic mass is 10.1. The number of rotatable bonds is 6. The van der Waals surface area contributed by atoms with Gasteiger partial charge in [0.25, 0.3) is 0 Å². The molecule has 0 aromatic heterocycles. The number of thioether (sulfide) groups is 1. The minimum atomic E-state index is -0.255. The molecule has 166 valence electrons. The van der Waals surface area contributed by atoms with Crippen molar-refractivity contribution < 1.29 is 14.3 Å². The molecule has 0 spiro atoms. The SMILES string of the molecule is COc1cc([C@H]2SCC(=O)N2c2ccc(Cl)cc2)cc(Cl)c1OCc1ccc(Cl)cc1Cl. The van der Waals surface area contributed by atoms with Crippen LogP contribution in [0.15, 0.2) is 54.6 Å². The second-order valence-electron chi connectivity index (χ2n) is 6.96. The molecule has 1 heterocycles. The van der Waals surface area contributed by atoms with E-state index in [9.17, 15) is 4.79 Å². The maximum Gasteiger partial charge on any atom is 0.238 e. The standard InChI is InChI=1S/C23H17Cl4NO3S/c1-30-20-9-14(23-28(21(29)12-32-23)17-6-4-15(24)5-7-17)8-19(27)22(20)31-11-13-2-3-16(25)10-18(13)26/h2-10,23H,11-12H2,1H3/t23-/m1/s1. The van der Waals surface area contributed by atoms with E-state index < -0.39 is 0 Å². The molecule has 0 N–H and O–H groups in total. The summed E-state index contributed by atoms with van der Waals surface area (Å²) >= 11 is 26.3. The molecule has 0 bridgehead atoms. The summed E-state index contributed by atoms with van der Waals surface area (Å²) in [5, 5.41) is 1.78. The number of hydrogen-bond acceptors (Lipinski definition) is 4. The fourth-order valence-electron chi connectivity index (χ4n) is 3.36. The third-order valence-corrected chi connectivity index (χ3v) is 7.23. The maximum absolute atomic E-state index is 12.6. The van der Waals surface area contributed by atoms with Crippen LogP contribution in [0.1, 0.15) is 16.5 Å². The van der Waals surface area contributed by atoms with Crippen LogP contribution in [0.3, 0.4) is 0 Å². The molecule has 1 fully saturated rings. The van der Waals surface area contributed by atoms with Crippen LogP contribution in [0.2, 0.25) is 20.1 Å². The molecule has 1 amide bonds. The van der Waals surface area contributed by atoms with Crippen molar-refractivity contribution in [1.82, 2.24) is 0 Å². The predicted molar refractivity (Wildman–Crippen MR) is 133 cm³/mol. The van der Waals surface area contributed by atoms with Gasteiger partial charge in [-0.2, -0.15) is 0 Å². The summed E-state index contributed by atoms with van der Waals surface area (Å²) in [7, 11) is 1.54. The van der Waals surface area contributed by atoms with Gasteiger partial charge in [0.2, 0.25) is 5.91 Å². The average Bonchev–Trinajstić information content (AvgIpc) is 3.15. The summed E-state index contributed by atoms with van der Waals surface area (Å²) in [6.45, 7) is 0.193. The van der Waals surface area contributed by atoms with Crippen molar-refractivity contribution in [3.63, 3.8) is 0 Å². The van der Waals surface area contributed by atoms with E-state index in [0.717, 1.165) is 16.8 Å². The van der Waals surface area contributed by atoms with E-state index in [1.165, 1.54) is 11.8 Å². The Morgan fingerprint density at radius 3 is 2.38 bits per heavy atom. The zero-order valence-corrected chi connectivity index (χ0v) is 20.6. The molecule has 1 aliphatic rings. The Morgan fingerprint density at radius 1 is 0.969 bits per heavy atom. The summed E-state index contributed by atoms with van der Waals surface area (Å²) in [5.41, 5.74) is 2.36. The Morgan fingerprint density at radius 2 is 1.69 bits per heavy atom. The Kier molecular flexibility index (Phi) is 7.33. The molecular weight excluding hydrogens is 512 g/mol. The van der Waals surface area contributed by atoms with Crippen molar-refractivity contribution in [3.8, 4) is 11.5 Å². The van der Waals surface area contributed by atoms with Crippen LogP contribution in [-0.2, 0) is 11.4 Å². The highest BCUT2D eigenvalue weighted by Crippen LogP contribution is 2.46. The lowest BCUT2D eigenvalue weighted by Gasteiger charge is -2.25. The quantitative estimate of drug-likeness (QED) is 0.329. The maximum atomic E-state index is 12.6. The number of anilines is 1. The number of amides is 1. The number of halogens is 4. The highest BCUT2D eigenvalue weighted by Gasteiger charge is 2.35. The number of ether oxygens (including phenoxy) is 2. The molecule has 1 aliphatic heterocycles. The summed E-state index contributed by atoms with van der Waals surface area (Å²) in [6, 6.07) is 16.0. The van der Waals surface area contributed by atoms with Crippen molar-refractivity contribution in [3.05, 3.63) is 85.8 Å². The molecule has 3 aromatic carbocycles.